The lowest BCUT2D eigenvalue weighted by Gasteiger charge is -2.09. The van der Waals surface area contributed by atoms with Crippen LogP contribution < -0.4 is 5.32 Å². The van der Waals surface area contributed by atoms with Crippen LogP contribution in [0.3, 0.4) is 0 Å². The quantitative estimate of drug-likeness (QED) is 0.908. The van der Waals surface area contributed by atoms with Crippen molar-refractivity contribution in [2.75, 3.05) is 7.05 Å². The molecule has 0 spiro atoms. The van der Waals surface area contributed by atoms with Gasteiger partial charge in [-0.3, -0.25) is 4.79 Å². The number of nitrogens with one attached hydrogen (secondary N) is 1. The first-order valence-corrected chi connectivity index (χ1v) is 6.58. The third kappa shape index (κ3) is 2.85. The first kappa shape index (κ1) is 13.8. The highest BCUT2D eigenvalue weighted by Gasteiger charge is 2.11. The first-order valence-electron chi connectivity index (χ1n) is 5.78. The maximum absolute atomic E-state index is 11.5. The Kier molecular flexibility index (Phi) is 4.01. The number of carbonyl (C=O) groups excluding carboxylic acids is 1. The number of nitrogens with zero attached hydrogens (tertiary/aromatic N) is 2. The molecule has 1 atom stereocenters. The normalized spacial score (nSPS) is 12.2. The van der Waals surface area contributed by atoms with Crippen molar-refractivity contribution in [2.45, 2.75) is 13.0 Å². The number of hydrogen-bond donors (Lipinski definition) is 2. The number of aliphatic hydroxyl groups excluding tert-OH is 1. The Hall–Kier alpha value is -1.66. The molecule has 0 radical (unpaired) electrons. The largest absolute Gasteiger partial charge is 0.389 e. The molecule has 1 unspecified atom stereocenters. The second-order valence-electron chi connectivity index (χ2n) is 4.11. The zero-order chi connectivity index (χ0) is 14.0. The fourth-order valence-corrected chi connectivity index (χ4v) is 2.25. The van der Waals surface area contributed by atoms with E-state index in [0.29, 0.717) is 5.69 Å². The van der Waals surface area contributed by atoms with Gasteiger partial charge in [0, 0.05) is 17.7 Å². The second-order valence-corrected chi connectivity index (χ2v) is 4.97. The van der Waals surface area contributed by atoms with Gasteiger partial charge in [0.2, 0.25) is 0 Å². The molecule has 0 saturated heterocycles. The minimum absolute atomic E-state index is 0.226. The summed E-state index contributed by atoms with van der Waals surface area (Å²) in [5.41, 5.74) is 1.97. The Morgan fingerprint density at radius 2 is 2.21 bits per heavy atom. The maximum atomic E-state index is 11.5. The van der Waals surface area contributed by atoms with Crippen LogP contribution in [0.25, 0.3) is 5.69 Å². The topological polar surface area (TPSA) is 67.2 Å². The zero-order valence-corrected chi connectivity index (χ0v) is 12.2. The molecule has 2 rings (SSSR count). The summed E-state index contributed by atoms with van der Waals surface area (Å²) < 4.78 is 2.41. The zero-order valence-electron chi connectivity index (χ0n) is 10.6. The van der Waals surface area contributed by atoms with Crippen molar-refractivity contribution in [2.24, 2.45) is 0 Å². The standard InChI is InChI=1S/C13H14BrN3O2/c1-8(18)9-3-4-12(10(14)7-9)17-6-5-11(16-17)13(19)15-2/h3-8,18H,1-2H3,(H,15,19). The fraction of sp³-hybridized carbons (Fsp3) is 0.231. The number of aliphatic hydroxyl groups is 1. The summed E-state index contributed by atoms with van der Waals surface area (Å²) in [5.74, 6) is -0.226. The van der Waals surface area contributed by atoms with Gasteiger partial charge in [0.15, 0.2) is 5.69 Å². The van der Waals surface area contributed by atoms with Crippen molar-refractivity contribution in [3.05, 3.63) is 46.2 Å². The lowest BCUT2D eigenvalue weighted by atomic mass is 10.1. The van der Waals surface area contributed by atoms with Crippen LogP contribution in [0.5, 0.6) is 0 Å². The lowest BCUT2D eigenvalue weighted by molar-refractivity contribution is 0.0957. The molecule has 0 saturated carbocycles. The predicted molar refractivity (Wildman–Crippen MR) is 75.3 cm³/mol. The maximum Gasteiger partial charge on any atom is 0.271 e. The average Bonchev–Trinajstić information content (AvgIpc) is 2.87. The molecule has 1 amide bonds. The summed E-state index contributed by atoms with van der Waals surface area (Å²) in [7, 11) is 1.56. The molecular formula is C13H14BrN3O2. The van der Waals surface area contributed by atoms with Gasteiger partial charge in [0.1, 0.15) is 0 Å². The van der Waals surface area contributed by atoms with Gasteiger partial charge < -0.3 is 10.4 Å². The molecule has 0 bridgehead atoms. The smallest absolute Gasteiger partial charge is 0.271 e. The van der Waals surface area contributed by atoms with E-state index in [2.05, 4.69) is 26.3 Å². The minimum atomic E-state index is -0.524. The van der Waals surface area contributed by atoms with Gasteiger partial charge in [-0.1, -0.05) is 6.07 Å². The Morgan fingerprint density at radius 3 is 2.79 bits per heavy atom. The average molecular weight is 324 g/mol. The van der Waals surface area contributed by atoms with Crippen LogP contribution >= 0.6 is 15.9 Å². The predicted octanol–water partition coefficient (Wildman–Crippen LogP) is 2.05. The number of amides is 1. The van der Waals surface area contributed by atoms with Gasteiger partial charge in [0.05, 0.1) is 11.8 Å². The van der Waals surface area contributed by atoms with E-state index in [1.54, 1.807) is 30.9 Å². The molecule has 6 heteroatoms. The third-order valence-electron chi connectivity index (χ3n) is 2.75. The molecule has 1 heterocycles. The van der Waals surface area contributed by atoms with Crippen molar-refractivity contribution in [3.8, 4) is 5.69 Å². The summed E-state index contributed by atoms with van der Waals surface area (Å²) in [6.07, 6.45) is 1.19. The number of rotatable bonds is 3. The van der Waals surface area contributed by atoms with E-state index in [0.717, 1.165) is 15.7 Å². The highest BCUT2D eigenvalue weighted by Crippen LogP contribution is 2.25. The van der Waals surface area contributed by atoms with E-state index in [-0.39, 0.29) is 5.91 Å². The van der Waals surface area contributed by atoms with Gasteiger partial charge >= 0.3 is 0 Å². The summed E-state index contributed by atoms with van der Waals surface area (Å²) in [4.78, 5) is 11.5. The SMILES string of the molecule is CNC(=O)c1ccn(-c2ccc(C(C)O)cc2Br)n1. The molecule has 0 aliphatic carbocycles. The fourth-order valence-electron chi connectivity index (χ4n) is 1.68. The van der Waals surface area contributed by atoms with Crippen LogP contribution in [0.1, 0.15) is 29.1 Å². The van der Waals surface area contributed by atoms with Crippen molar-refractivity contribution in [1.29, 1.82) is 0 Å². The molecule has 1 aromatic heterocycles. The van der Waals surface area contributed by atoms with Gasteiger partial charge in [-0.05, 0) is 46.6 Å². The van der Waals surface area contributed by atoms with E-state index in [1.165, 1.54) is 0 Å². The monoisotopic (exact) mass is 323 g/mol. The Bertz CT molecular complexity index is 608. The van der Waals surface area contributed by atoms with Gasteiger partial charge in [0.25, 0.3) is 5.91 Å². The van der Waals surface area contributed by atoms with E-state index >= 15 is 0 Å². The molecule has 2 aromatic rings. The first-order chi connectivity index (χ1) is 9.02. The number of halogens is 1. The highest BCUT2D eigenvalue weighted by atomic mass is 79.9. The molecule has 0 fully saturated rings. The van der Waals surface area contributed by atoms with Crippen LogP contribution in [-0.4, -0.2) is 27.8 Å². The van der Waals surface area contributed by atoms with E-state index in [1.807, 2.05) is 18.2 Å². The van der Waals surface area contributed by atoms with Crippen LogP contribution in [0, 0.1) is 0 Å². The molecule has 1 aromatic carbocycles. The number of carbonyl (C=O) groups is 1. The van der Waals surface area contributed by atoms with E-state index < -0.39 is 6.10 Å². The lowest BCUT2D eigenvalue weighted by Crippen LogP contribution is -2.18. The highest BCUT2D eigenvalue weighted by molar-refractivity contribution is 9.10. The Balaban J connectivity index is 2.37. The van der Waals surface area contributed by atoms with Gasteiger partial charge in [-0.15, -0.1) is 0 Å². The van der Waals surface area contributed by atoms with Crippen molar-refractivity contribution in [3.63, 3.8) is 0 Å². The summed E-state index contributed by atoms with van der Waals surface area (Å²) >= 11 is 3.44. The van der Waals surface area contributed by atoms with Gasteiger partial charge in [-0.25, -0.2) is 4.68 Å². The molecular weight excluding hydrogens is 310 g/mol. The van der Waals surface area contributed by atoms with Crippen LogP contribution in [0.4, 0.5) is 0 Å². The molecule has 100 valence electrons. The minimum Gasteiger partial charge on any atom is -0.389 e. The van der Waals surface area contributed by atoms with Crippen molar-refractivity contribution >= 4 is 21.8 Å². The summed E-state index contributed by atoms with van der Waals surface area (Å²) in [6.45, 7) is 1.71. The van der Waals surface area contributed by atoms with Gasteiger partial charge in [-0.2, -0.15) is 5.10 Å². The number of hydrogen-bond acceptors (Lipinski definition) is 3. The summed E-state index contributed by atoms with van der Waals surface area (Å²) in [6, 6.07) is 7.15. The Labute approximate surface area is 119 Å². The number of aromatic nitrogens is 2. The third-order valence-corrected chi connectivity index (χ3v) is 3.38. The van der Waals surface area contributed by atoms with Crippen LogP contribution in [0.15, 0.2) is 34.9 Å². The van der Waals surface area contributed by atoms with Crippen LogP contribution in [0.2, 0.25) is 0 Å². The molecule has 0 aliphatic heterocycles. The van der Waals surface area contributed by atoms with Crippen molar-refractivity contribution in [1.82, 2.24) is 15.1 Å². The van der Waals surface area contributed by atoms with E-state index in [4.69, 9.17) is 0 Å². The molecule has 19 heavy (non-hydrogen) atoms. The number of benzene rings is 1. The molecule has 5 nitrogen and oxygen atoms in total. The van der Waals surface area contributed by atoms with Crippen LogP contribution in [-0.2, 0) is 0 Å². The Morgan fingerprint density at radius 1 is 1.47 bits per heavy atom. The molecule has 2 N–H and O–H groups in total. The summed E-state index contributed by atoms with van der Waals surface area (Å²) in [5, 5.41) is 16.2. The van der Waals surface area contributed by atoms with Crippen molar-refractivity contribution < 1.29 is 9.90 Å². The van der Waals surface area contributed by atoms with E-state index in [9.17, 15) is 9.90 Å². The second kappa shape index (κ2) is 5.54. The molecule has 0 aliphatic rings.